The third-order valence-electron chi connectivity index (χ3n) is 5.03. The Bertz CT molecular complexity index is 628. The van der Waals surface area contributed by atoms with E-state index in [2.05, 4.69) is 69.3 Å². The molecule has 0 aliphatic carbocycles. The molecule has 2 rings (SSSR count). The summed E-state index contributed by atoms with van der Waals surface area (Å²) in [4.78, 5) is 0. The highest BCUT2D eigenvalue weighted by atomic mass is 28.4. The van der Waals surface area contributed by atoms with E-state index in [4.69, 9.17) is 10.2 Å². The zero-order chi connectivity index (χ0) is 19.4. The molecule has 142 valence electrons. The highest BCUT2D eigenvalue weighted by Gasteiger charge is 2.50. The van der Waals surface area contributed by atoms with Gasteiger partial charge < -0.3 is 15.3 Å². The average molecular weight is 372 g/mol. The Morgan fingerprint density at radius 1 is 0.923 bits per heavy atom. The number of benzene rings is 2. The summed E-state index contributed by atoms with van der Waals surface area (Å²) in [7, 11) is -2.58. The molecule has 0 aliphatic heterocycles. The van der Waals surface area contributed by atoms with Gasteiger partial charge in [0, 0.05) is 0 Å². The largest absolute Gasteiger partial charge is 0.406 e. The van der Waals surface area contributed by atoms with Gasteiger partial charge in [-0.1, -0.05) is 95.3 Å². The predicted molar refractivity (Wildman–Crippen MR) is 112 cm³/mol. The Kier molecular flexibility index (Phi) is 6.80. The number of rotatable bonds is 7. The molecule has 0 unspecified atom stereocenters. The van der Waals surface area contributed by atoms with E-state index in [-0.39, 0.29) is 11.0 Å². The highest BCUT2D eigenvalue weighted by molar-refractivity contribution is 6.99. The molecule has 0 aromatic heterocycles. The topological polar surface area (TPSA) is 55.5 Å². The lowest BCUT2D eigenvalue weighted by Gasteiger charge is -2.43. The third-order valence-corrected chi connectivity index (χ3v) is 10.0. The van der Waals surface area contributed by atoms with Crippen molar-refractivity contribution in [3.05, 3.63) is 60.7 Å². The molecule has 0 aliphatic rings. The minimum absolute atomic E-state index is 0.0851. The maximum Gasteiger partial charge on any atom is 0.261 e. The molecule has 0 bridgehead atoms. The fourth-order valence-electron chi connectivity index (χ4n) is 3.58. The van der Waals surface area contributed by atoms with Gasteiger partial charge in [0.2, 0.25) is 0 Å². The second kappa shape index (κ2) is 8.48. The van der Waals surface area contributed by atoms with Gasteiger partial charge in [0.15, 0.2) is 0 Å². The van der Waals surface area contributed by atoms with E-state index in [1.807, 2.05) is 26.0 Å². The summed E-state index contributed by atoms with van der Waals surface area (Å²) >= 11 is 0. The fraction of sp³-hybridized carbons (Fsp3) is 0.455. The summed E-state index contributed by atoms with van der Waals surface area (Å²) in [5, 5.41) is 12.7. The van der Waals surface area contributed by atoms with Gasteiger partial charge in [0.05, 0.1) is 18.8 Å². The predicted octanol–water partition coefficient (Wildman–Crippen LogP) is 2.91. The van der Waals surface area contributed by atoms with E-state index in [9.17, 15) is 5.11 Å². The van der Waals surface area contributed by atoms with Crippen molar-refractivity contribution in [3.63, 3.8) is 0 Å². The van der Waals surface area contributed by atoms with E-state index < -0.39 is 20.5 Å². The number of nitrogens with two attached hydrogens (primary N) is 1. The highest BCUT2D eigenvalue weighted by Crippen LogP contribution is 2.36. The lowest BCUT2D eigenvalue weighted by Crippen LogP contribution is -2.67. The molecule has 2 atom stereocenters. The minimum Gasteiger partial charge on any atom is -0.406 e. The summed E-state index contributed by atoms with van der Waals surface area (Å²) in [6.07, 6.45) is -0.576. The second-order valence-electron chi connectivity index (χ2n) is 8.37. The lowest BCUT2D eigenvalue weighted by molar-refractivity contribution is 0.0748. The van der Waals surface area contributed by atoms with Crippen molar-refractivity contribution in [1.82, 2.24) is 0 Å². The molecular formula is C22H33NO2Si. The lowest BCUT2D eigenvalue weighted by atomic mass is 10.0. The van der Waals surface area contributed by atoms with Crippen molar-refractivity contribution < 1.29 is 9.53 Å². The molecule has 0 radical (unpaired) electrons. The van der Waals surface area contributed by atoms with Gasteiger partial charge >= 0.3 is 0 Å². The summed E-state index contributed by atoms with van der Waals surface area (Å²) in [6, 6.07) is 20.6. The minimum atomic E-state index is -2.58. The molecule has 0 fully saturated rings. The fourth-order valence-corrected chi connectivity index (χ4v) is 8.17. The monoisotopic (exact) mass is 371 g/mol. The van der Waals surface area contributed by atoms with Crippen LogP contribution in [-0.2, 0) is 4.43 Å². The Balaban J connectivity index is 2.51. The smallest absolute Gasteiger partial charge is 0.261 e. The van der Waals surface area contributed by atoms with Gasteiger partial charge in [-0.15, -0.1) is 0 Å². The first-order valence-corrected chi connectivity index (χ1v) is 11.3. The molecular weight excluding hydrogens is 338 g/mol. The molecule has 2 aromatic carbocycles. The third kappa shape index (κ3) is 4.26. The maximum atomic E-state index is 10.3. The standard InChI is InChI=1S/C22H33NO2Si/c1-17(2)21(24)20(23)16-25-26(22(3,4)5,18-12-8-6-9-13-18)19-14-10-7-11-15-19/h6-15,17,20-21,24H,16,23H2,1-5H3/t20-,21+/m1/s1. The van der Waals surface area contributed by atoms with Crippen molar-refractivity contribution in [2.75, 3.05) is 6.61 Å². The SMILES string of the molecule is CC(C)[C@H](O)[C@H](N)CO[Si](c1ccccc1)(c1ccccc1)C(C)(C)C. The quantitative estimate of drug-likeness (QED) is 0.736. The van der Waals surface area contributed by atoms with Gasteiger partial charge in [0.1, 0.15) is 0 Å². The average Bonchev–Trinajstić information content (AvgIpc) is 2.62. The van der Waals surface area contributed by atoms with Gasteiger partial charge in [-0.05, 0) is 21.3 Å². The normalized spacial score (nSPS) is 15.1. The van der Waals surface area contributed by atoms with Crippen molar-refractivity contribution in [2.24, 2.45) is 11.7 Å². The van der Waals surface area contributed by atoms with Crippen LogP contribution in [0, 0.1) is 5.92 Å². The summed E-state index contributed by atoms with van der Waals surface area (Å²) in [6.45, 7) is 11.0. The summed E-state index contributed by atoms with van der Waals surface area (Å²) in [5.74, 6) is 0.104. The van der Waals surface area contributed by atoms with Crippen molar-refractivity contribution in [1.29, 1.82) is 0 Å². The van der Waals surface area contributed by atoms with Crippen LogP contribution in [0.2, 0.25) is 5.04 Å². The Morgan fingerprint density at radius 3 is 1.69 bits per heavy atom. The maximum absolute atomic E-state index is 10.3. The van der Waals surface area contributed by atoms with Crippen LogP contribution in [-0.4, -0.2) is 32.2 Å². The number of hydrogen-bond acceptors (Lipinski definition) is 3. The van der Waals surface area contributed by atoms with Crippen LogP contribution >= 0.6 is 0 Å². The molecule has 0 heterocycles. The van der Waals surface area contributed by atoms with Crippen molar-refractivity contribution in [2.45, 2.75) is 51.8 Å². The van der Waals surface area contributed by atoms with Crippen LogP contribution in [0.4, 0.5) is 0 Å². The Morgan fingerprint density at radius 2 is 1.35 bits per heavy atom. The van der Waals surface area contributed by atoms with E-state index in [1.165, 1.54) is 10.4 Å². The van der Waals surface area contributed by atoms with E-state index in [0.29, 0.717) is 6.61 Å². The zero-order valence-corrected chi connectivity index (χ0v) is 17.6. The molecule has 3 N–H and O–H groups in total. The van der Waals surface area contributed by atoms with Crippen LogP contribution in [0.5, 0.6) is 0 Å². The van der Waals surface area contributed by atoms with Crippen LogP contribution in [0.15, 0.2) is 60.7 Å². The first-order valence-electron chi connectivity index (χ1n) is 9.39. The number of aliphatic hydroxyl groups excluding tert-OH is 1. The van der Waals surface area contributed by atoms with E-state index in [0.717, 1.165) is 0 Å². The first kappa shape index (κ1) is 20.8. The van der Waals surface area contributed by atoms with Gasteiger partial charge in [-0.25, -0.2) is 0 Å². The second-order valence-corrected chi connectivity index (χ2v) is 12.7. The Labute approximate surface area is 159 Å². The van der Waals surface area contributed by atoms with E-state index >= 15 is 0 Å². The molecule has 4 heteroatoms. The summed E-state index contributed by atoms with van der Waals surface area (Å²) in [5.41, 5.74) is 6.27. The first-order chi connectivity index (χ1) is 12.2. The van der Waals surface area contributed by atoms with Gasteiger partial charge in [-0.2, -0.15) is 0 Å². The van der Waals surface area contributed by atoms with Crippen LogP contribution in [0.1, 0.15) is 34.6 Å². The van der Waals surface area contributed by atoms with Gasteiger partial charge in [0.25, 0.3) is 8.32 Å². The van der Waals surface area contributed by atoms with Crippen molar-refractivity contribution >= 4 is 18.7 Å². The molecule has 26 heavy (non-hydrogen) atoms. The van der Waals surface area contributed by atoms with Crippen LogP contribution in [0.3, 0.4) is 0 Å². The molecule has 0 saturated carbocycles. The summed E-state index contributed by atoms with van der Waals surface area (Å²) < 4.78 is 6.75. The van der Waals surface area contributed by atoms with E-state index in [1.54, 1.807) is 0 Å². The molecule has 2 aromatic rings. The Hall–Kier alpha value is -1.46. The zero-order valence-electron chi connectivity index (χ0n) is 16.6. The number of hydrogen-bond donors (Lipinski definition) is 2. The number of aliphatic hydroxyl groups is 1. The molecule has 0 spiro atoms. The van der Waals surface area contributed by atoms with Crippen LogP contribution in [0.25, 0.3) is 0 Å². The van der Waals surface area contributed by atoms with Crippen molar-refractivity contribution in [3.8, 4) is 0 Å². The van der Waals surface area contributed by atoms with Gasteiger partial charge in [-0.3, -0.25) is 0 Å². The molecule has 3 nitrogen and oxygen atoms in total. The molecule has 0 saturated heterocycles. The molecule has 0 amide bonds. The van der Waals surface area contributed by atoms with Crippen LogP contribution < -0.4 is 16.1 Å².